The predicted octanol–water partition coefficient (Wildman–Crippen LogP) is 2.69. The van der Waals surface area contributed by atoms with Gasteiger partial charge in [-0.05, 0) is 35.0 Å². The van der Waals surface area contributed by atoms with Crippen LogP contribution in [0.25, 0.3) is 17.2 Å². The van der Waals surface area contributed by atoms with E-state index in [1.807, 2.05) is 48.7 Å². The number of aromatic nitrogens is 7. The minimum Gasteiger partial charge on any atom is -0.237 e. The van der Waals surface area contributed by atoms with Crippen LogP contribution in [-0.2, 0) is 6.42 Å². The van der Waals surface area contributed by atoms with E-state index in [2.05, 4.69) is 30.7 Å². The molecule has 24 heavy (non-hydrogen) atoms. The third-order valence-corrected chi connectivity index (χ3v) is 3.93. The van der Waals surface area contributed by atoms with Gasteiger partial charge in [0.15, 0.2) is 5.82 Å². The van der Waals surface area contributed by atoms with Crippen LogP contribution in [0.1, 0.15) is 11.3 Å². The standard InChI is InChI=1S/C16H12ClN7/c17-14-4-2-1-3-11(14)9-13-6-8-24(21-13)15-10-12(5-7-18-15)16-19-22-23-20-16/h1-8,10H,9H2,(H,19,20,22,23). The van der Waals surface area contributed by atoms with E-state index in [-0.39, 0.29) is 0 Å². The van der Waals surface area contributed by atoms with Crippen LogP contribution in [0.5, 0.6) is 0 Å². The van der Waals surface area contributed by atoms with Crippen molar-refractivity contribution in [1.29, 1.82) is 0 Å². The molecule has 0 saturated heterocycles. The minimum absolute atomic E-state index is 0.516. The number of halogens is 1. The molecule has 0 aliphatic heterocycles. The molecular weight excluding hydrogens is 326 g/mol. The molecule has 1 N–H and O–H groups in total. The first-order chi connectivity index (χ1) is 11.8. The molecule has 4 aromatic rings. The molecule has 3 heterocycles. The van der Waals surface area contributed by atoms with Crippen LogP contribution in [0.15, 0.2) is 54.9 Å². The first-order valence-corrected chi connectivity index (χ1v) is 7.65. The lowest BCUT2D eigenvalue weighted by molar-refractivity contribution is 0.821. The fourth-order valence-corrected chi connectivity index (χ4v) is 2.59. The van der Waals surface area contributed by atoms with Crippen molar-refractivity contribution >= 4 is 11.6 Å². The summed E-state index contributed by atoms with van der Waals surface area (Å²) in [5.74, 6) is 1.20. The van der Waals surface area contributed by atoms with Gasteiger partial charge in [-0.25, -0.2) is 9.67 Å². The number of nitrogens with one attached hydrogen (secondary N) is 1. The lowest BCUT2D eigenvalue weighted by atomic mass is 10.1. The predicted molar refractivity (Wildman–Crippen MR) is 88.8 cm³/mol. The molecule has 4 rings (SSSR count). The van der Waals surface area contributed by atoms with Crippen molar-refractivity contribution in [2.45, 2.75) is 6.42 Å². The normalized spacial score (nSPS) is 10.9. The Morgan fingerprint density at radius 3 is 2.88 bits per heavy atom. The van der Waals surface area contributed by atoms with E-state index in [0.29, 0.717) is 18.1 Å². The van der Waals surface area contributed by atoms with Crippen molar-refractivity contribution in [3.63, 3.8) is 0 Å². The van der Waals surface area contributed by atoms with E-state index in [4.69, 9.17) is 11.6 Å². The molecule has 0 aliphatic rings. The second-order valence-corrected chi connectivity index (χ2v) is 5.57. The van der Waals surface area contributed by atoms with Crippen molar-refractivity contribution in [3.8, 4) is 17.2 Å². The molecule has 0 saturated carbocycles. The second kappa shape index (κ2) is 6.21. The van der Waals surface area contributed by atoms with Crippen LogP contribution < -0.4 is 0 Å². The Hall–Kier alpha value is -3.06. The van der Waals surface area contributed by atoms with Crippen molar-refractivity contribution in [1.82, 2.24) is 35.4 Å². The smallest absolute Gasteiger partial charge is 0.204 e. The zero-order valence-electron chi connectivity index (χ0n) is 12.5. The largest absolute Gasteiger partial charge is 0.237 e. The van der Waals surface area contributed by atoms with Crippen molar-refractivity contribution in [2.24, 2.45) is 0 Å². The molecule has 0 spiro atoms. The van der Waals surface area contributed by atoms with Gasteiger partial charge >= 0.3 is 0 Å². The highest BCUT2D eigenvalue weighted by atomic mass is 35.5. The van der Waals surface area contributed by atoms with Gasteiger partial charge in [-0.15, -0.1) is 10.2 Å². The van der Waals surface area contributed by atoms with Crippen molar-refractivity contribution in [2.75, 3.05) is 0 Å². The van der Waals surface area contributed by atoms with Gasteiger partial charge in [0.2, 0.25) is 5.82 Å². The third-order valence-electron chi connectivity index (χ3n) is 3.56. The summed E-state index contributed by atoms with van der Waals surface area (Å²) in [6.07, 6.45) is 4.22. The van der Waals surface area contributed by atoms with E-state index in [1.54, 1.807) is 10.9 Å². The Morgan fingerprint density at radius 1 is 1.12 bits per heavy atom. The lowest BCUT2D eigenvalue weighted by Gasteiger charge is -2.03. The van der Waals surface area contributed by atoms with Crippen LogP contribution in [0.4, 0.5) is 0 Å². The lowest BCUT2D eigenvalue weighted by Crippen LogP contribution is -2.00. The summed E-state index contributed by atoms with van der Waals surface area (Å²) in [7, 11) is 0. The Kier molecular flexibility index (Phi) is 3.76. The first kappa shape index (κ1) is 14.5. The monoisotopic (exact) mass is 337 g/mol. The average Bonchev–Trinajstić information content (AvgIpc) is 3.29. The zero-order chi connectivity index (χ0) is 16.4. The number of pyridine rings is 1. The van der Waals surface area contributed by atoms with E-state index >= 15 is 0 Å². The van der Waals surface area contributed by atoms with Gasteiger partial charge in [-0.2, -0.15) is 10.3 Å². The van der Waals surface area contributed by atoms with Gasteiger partial charge in [-0.3, -0.25) is 0 Å². The van der Waals surface area contributed by atoms with Crippen LogP contribution in [0.3, 0.4) is 0 Å². The summed E-state index contributed by atoms with van der Waals surface area (Å²) in [4.78, 5) is 4.35. The van der Waals surface area contributed by atoms with E-state index < -0.39 is 0 Å². The molecule has 1 aromatic carbocycles. The van der Waals surface area contributed by atoms with E-state index in [0.717, 1.165) is 21.8 Å². The Labute approximate surface area is 142 Å². The van der Waals surface area contributed by atoms with E-state index in [9.17, 15) is 0 Å². The summed E-state index contributed by atoms with van der Waals surface area (Å²) < 4.78 is 1.72. The number of hydrogen-bond donors (Lipinski definition) is 1. The number of rotatable bonds is 4. The number of tetrazole rings is 1. The number of aromatic amines is 1. The fourth-order valence-electron chi connectivity index (χ4n) is 2.39. The fraction of sp³-hybridized carbons (Fsp3) is 0.0625. The maximum absolute atomic E-state index is 6.21. The number of H-pyrrole nitrogens is 1. The van der Waals surface area contributed by atoms with Crippen LogP contribution in [0, 0.1) is 0 Å². The highest BCUT2D eigenvalue weighted by Gasteiger charge is 2.08. The maximum atomic E-state index is 6.21. The minimum atomic E-state index is 0.516. The van der Waals surface area contributed by atoms with Crippen molar-refractivity contribution < 1.29 is 0 Å². The third kappa shape index (κ3) is 2.89. The van der Waals surface area contributed by atoms with Crippen LogP contribution in [-0.4, -0.2) is 35.4 Å². The van der Waals surface area contributed by atoms with Gasteiger partial charge in [0.05, 0.1) is 5.69 Å². The first-order valence-electron chi connectivity index (χ1n) is 7.28. The van der Waals surface area contributed by atoms with Gasteiger partial charge < -0.3 is 0 Å². The maximum Gasteiger partial charge on any atom is 0.204 e. The number of nitrogens with zero attached hydrogens (tertiary/aromatic N) is 6. The molecular formula is C16H12ClN7. The van der Waals surface area contributed by atoms with Gasteiger partial charge in [-0.1, -0.05) is 29.8 Å². The number of hydrogen-bond acceptors (Lipinski definition) is 5. The average molecular weight is 338 g/mol. The van der Waals surface area contributed by atoms with Crippen molar-refractivity contribution in [3.05, 3.63) is 71.1 Å². The Balaban J connectivity index is 1.61. The summed E-state index contributed by atoms with van der Waals surface area (Å²) >= 11 is 6.21. The molecule has 8 heteroatoms. The van der Waals surface area contributed by atoms with Gasteiger partial charge in [0, 0.05) is 29.4 Å². The molecule has 0 radical (unpaired) electrons. The SMILES string of the molecule is Clc1ccccc1Cc1ccn(-c2cc(-c3nn[nH]n3)ccn2)n1. The molecule has 0 fully saturated rings. The van der Waals surface area contributed by atoms with Crippen LogP contribution in [0.2, 0.25) is 5.02 Å². The van der Waals surface area contributed by atoms with Gasteiger partial charge in [0.1, 0.15) is 0 Å². The summed E-state index contributed by atoms with van der Waals surface area (Å²) in [6.45, 7) is 0. The summed E-state index contributed by atoms with van der Waals surface area (Å²) in [6, 6.07) is 13.4. The molecule has 0 aliphatic carbocycles. The zero-order valence-corrected chi connectivity index (χ0v) is 13.2. The Morgan fingerprint density at radius 2 is 2.04 bits per heavy atom. The molecule has 7 nitrogen and oxygen atoms in total. The van der Waals surface area contributed by atoms with E-state index in [1.165, 1.54) is 0 Å². The quantitative estimate of drug-likeness (QED) is 0.619. The topological polar surface area (TPSA) is 85.2 Å². The highest BCUT2D eigenvalue weighted by Crippen LogP contribution is 2.19. The number of benzene rings is 1. The molecule has 0 amide bonds. The Bertz CT molecular complexity index is 962. The molecule has 118 valence electrons. The summed E-state index contributed by atoms with van der Waals surface area (Å²) in [5.41, 5.74) is 2.77. The van der Waals surface area contributed by atoms with Crippen LogP contribution >= 0.6 is 11.6 Å². The summed E-state index contributed by atoms with van der Waals surface area (Å²) in [5, 5.41) is 19.3. The molecule has 0 atom stereocenters. The molecule has 0 unspecified atom stereocenters. The second-order valence-electron chi connectivity index (χ2n) is 5.16. The molecule has 3 aromatic heterocycles. The van der Waals surface area contributed by atoms with Gasteiger partial charge in [0.25, 0.3) is 0 Å². The molecule has 0 bridgehead atoms. The highest BCUT2D eigenvalue weighted by molar-refractivity contribution is 6.31.